The summed E-state index contributed by atoms with van der Waals surface area (Å²) in [6.45, 7) is 3.54. The van der Waals surface area contributed by atoms with Crippen LogP contribution in [0.25, 0.3) is 11.1 Å². The van der Waals surface area contributed by atoms with Gasteiger partial charge in [-0.1, -0.05) is 54.6 Å². The molecule has 2 atom stereocenters. The molecule has 0 fully saturated rings. The van der Waals surface area contributed by atoms with Crippen molar-refractivity contribution in [2.45, 2.75) is 30.9 Å². The number of carbonyl (C=O) groups excluding carboxylic acids is 2. The lowest BCUT2D eigenvalue weighted by Crippen LogP contribution is -2.49. The molecule has 0 aliphatic heterocycles. The van der Waals surface area contributed by atoms with Gasteiger partial charge in [0.1, 0.15) is 12.6 Å². The number of ether oxygens (including phenoxy) is 2. The van der Waals surface area contributed by atoms with Crippen molar-refractivity contribution in [1.82, 2.24) is 10.6 Å². The van der Waals surface area contributed by atoms with Gasteiger partial charge in [-0.3, -0.25) is 4.79 Å². The lowest BCUT2D eigenvalue weighted by molar-refractivity contribution is -0.144. The van der Waals surface area contributed by atoms with Crippen molar-refractivity contribution in [2.24, 2.45) is 0 Å². The molecule has 2 aromatic rings. The predicted molar refractivity (Wildman–Crippen MR) is 123 cm³/mol. The van der Waals surface area contributed by atoms with Gasteiger partial charge >= 0.3 is 12.1 Å². The largest absolute Gasteiger partial charge is 0.480 e. The Morgan fingerprint density at radius 3 is 2.24 bits per heavy atom. The molecule has 3 rings (SSSR count). The molecular weight excluding hydrogens is 424 g/mol. The van der Waals surface area contributed by atoms with Crippen molar-refractivity contribution in [3.63, 3.8) is 0 Å². The molecule has 1 aliphatic carbocycles. The first-order valence-electron chi connectivity index (χ1n) is 10.7. The summed E-state index contributed by atoms with van der Waals surface area (Å²) in [5, 5.41) is 14.2. The highest BCUT2D eigenvalue weighted by Crippen LogP contribution is 2.44. The minimum Gasteiger partial charge on any atom is -0.480 e. The molecule has 0 saturated heterocycles. The van der Waals surface area contributed by atoms with Crippen LogP contribution < -0.4 is 10.6 Å². The van der Waals surface area contributed by atoms with Gasteiger partial charge in [0.05, 0.1) is 6.54 Å². The van der Waals surface area contributed by atoms with Gasteiger partial charge in [0.15, 0.2) is 6.10 Å². The van der Waals surface area contributed by atoms with Crippen LogP contribution >= 0.6 is 0 Å². The summed E-state index contributed by atoms with van der Waals surface area (Å²) in [7, 11) is 1.31. The molecule has 8 heteroatoms. The monoisotopic (exact) mass is 452 g/mol. The Labute approximate surface area is 192 Å². The van der Waals surface area contributed by atoms with Gasteiger partial charge in [0.25, 0.3) is 5.91 Å². The smallest absolute Gasteiger partial charge is 0.407 e. The molecule has 0 radical (unpaired) electrons. The number of hydrogen-bond acceptors (Lipinski definition) is 5. The third-order valence-corrected chi connectivity index (χ3v) is 5.63. The molecule has 3 N–H and O–H groups in total. The van der Waals surface area contributed by atoms with Crippen LogP contribution in [0.15, 0.2) is 61.2 Å². The lowest BCUT2D eigenvalue weighted by Gasteiger charge is -2.20. The van der Waals surface area contributed by atoms with Gasteiger partial charge < -0.3 is 25.2 Å². The van der Waals surface area contributed by atoms with Crippen molar-refractivity contribution in [3.8, 4) is 11.1 Å². The zero-order chi connectivity index (χ0) is 23.8. The quantitative estimate of drug-likeness (QED) is 0.452. The van der Waals surface area contributed by atoms with E-state index in [0.29, 0.717) is 6.42 Å². The first-order valence-corrected chi connectivity index (χ1v) is 10.7. The highest BCUT2D eigenvalue weighted by molar-refractivity contribution is 5.87. The Bertz CT molecular complexity index is 976. The standard InChI is InChI=1S/C25H28N2O6/c1-3-4-13-21(24(29)30)27-23(28)22(32-2)14-26-25(31)33-15-20-18-11-7-5-9-16(18)17-10-6-8-12-19(17)20/h3,5-12,20-22H,1,4,13-15H2,2H3,(H,26,31)(H,27,28)(H,29,30). The van der Waals surface area contributed by atoms with Crippen LogP contribution in [0.2, 0.25) is 0 Å². The van der Waals surface area contributed by atoms with E-state index in [2.05, 4.69) is 29.3 Å². The Hall–Kier alpha value is -3.65. The van der Waals surface area contributed by atoms with Crippen molar-refractivity contribution >= 4 is 18.0 Å². The number of carboxylic acids is 1. The third-order valence-electron chi connectivity index (χ3n) is 5.63. The first kappa shape index (κ1) is 24.0. The van der Waals surface area contributed by atoms with E-state index in [1.165, 1.54) is 7.11 Å². The highest BCUT2D eigenvalue weighted by atomic mass is 16.5. The van der Waals surface area contributed by atoms with Crippen LogP contribution in [0.3, 0.4) is 0 Å². The summed E-state index contributed by atoms with van der Waals surface area (Å²) in [6.07, 6.45) is 0.478. The fourth-order valence-corrected chi connectivity index (χ4v) is 3.92. The minimum absolute atomic E-state index is 0.0779. The van der Waals surface area contributed by atoms with Crippen molar-refractivity contribution in [1.29, 1.82) is 0 Å². The number of benzene rings is 2. The zero-order valence-corrected chi connectivity index (χ0v) is 18.5. The second-order valence-electron chi connectivity index (χ2n) is 7.70. The molecule has 2 aromatic carbocycles. The number of allylic oxidation sites excluding steroid dienone is 1. The number of fused-ring (bicyclic) bond motifs is 3. The van der Waals surface area contributed by atoms with E-state index >= 15 is 0 Å². The maximum Gasteiger partial charge on any atom is 0.407 e. The van der Waals surface area contributed by atoms with Crippen LogP contribution in [0.5, 0.6) is 0 Å². The predicted octanol–water partition coefficient (Wildman–Crippen LogP) is 3.08. The van der Waals surface area contributed by atoms with E-state index in [9.17, 15) is 19.5 Å². The number of carbonyl (C=O) groups is 3. The Balaban J connectivity index is 1.54. The Morgan fingerprint density at radius 2 is 1.70 bits per heavy atom. The number of rotatable bonds is 11. The van der Waals surface area contributed by atoms with E-state index in [1.807, 2.05) is 36.4 Å². The molecule has 33 heavy (non-hydrogen) atoms. The number of alkyl carbamates (subject to hydrolysis) is 1. The molecule has 1 aliphatic rings. The maximum absolute atomic E-state index is 12.4. The summed E-state index contributed by atoms with van der Waals surface area (Å²) < 4.78 is 10.6. The van der Waals surface area contributed by atoms with E-state index in [1.54, 1.807) is 6.08 Å². The lowest BCUT2D eigenvalue weighted by atomic mass is 9.98. The summed E-state index contributed by atoms with van der Waals surface area (Å²) in [5.41, 5.74) is 4.45. The van der Waals surface area contributed by atoms with Gasteiger partial charge in [-0.2, -0.15) is 0 Å². The summed E-state index contributed by atoms with van der Waals surface area (Å²) in [5.74, 6) is -1.86. The number of methoxy groups -OCH3 is 1. The van der Waals surface area contributed by atoms with E-state index in [0.717, 1.165) is 22.3 Å². The van der Waals surface area contributed by atoms with Crippen LogP contribution in [0, 0.1) is 0 Å². The zero-order valence-electron chi connectivity index (χ0n) is 18.5. The molecule has 0 saturated carbocycles. The normalized spacial score (nSPS) is 13.8. The topological polar surface area (TPSA) is 114 Å². The van der Waals surface area contributed by atoms with Crippen LogP contribution in [-0.4, -0.2) is 55.5 Å². The average Bonchev–Trinajstić information content (AvgIpc) is 3.14. The number of aliphatic carboxylic acids is 1. The SMILES string of the molecule is C=CCCC(NC(=O)C(CNC(=O)OCC1c2ccccc2-c2ccccc21)OC)C(=O)O. The molecule has 2 unspecified atom stereocenters. The van der Waals surface area contributed by atoms with Gasteiger partial charge in [-0.05, 0) is 35.1 Å². The molecule has 174 valence electrons. The summed E-state index contributed by atoms with van der Waals surface area (Å²) in [4.78, 5) is 36.0. The first-order chi connectivity index (χ1) is 16.0. The molecular formula is C25H28N2O6. The van der Waals surface area contributed by atoms with Crippen molar-refractivity contribution < 1.29 is 29.0 Å². The maximum atomic E-state index is 12.4. The van der Waals surface area contributed by atoms with Crippen LogP contribution in [-0.2, 0) is 19.1 Å². The molecule has 0 spiro atoms. The van der Waals surface area contributed by atoms with Crippen molar-refractivity contribution in [2.75, 3.05) is 20.3 Å². The molecule has 0 bridgehead atoms. The Morgan fingerprint density at radius 1 is 1.09 bits per heavy atom. The average molecular weight is 453 g/mol. The molecule has 0 heterocycles. The Kier molecular flexibility index (Phi) is 8.21. The number of amides is 2. The second-order valence-corrected chi connectivity index (χ2v) is 7.70. The third kappa shape index (κ3) is 5.78. The molecule has 2 amide bonds. The van der Waals surface area contributed by atoms with E-state index < -0.39 is 30.1 Å². The van der Waals surface area contributed by atoms with E-state index in [-0.39, 0.29) is 25.5 Å². The minimum atomic E-state index is -1.15. The summed E-state index contributed by atoms with van der Waals surface area (Å²) >= 11 is 0. The van der Waals surface area contributed by atoms with Gasteiger partial charge in [-0.15, -0.1) is 6.58 Å². The molecule has 8 nitrogen and oxygen atoms in total. The highest BCUT2D eigenvalue weighted by Gasteiger charge is 2.29. The van der Waals surface area contributed by atoms with Crippen LogP contribution in [0.1, 0.15) is 29.9 Å². The molecule has 0 aromatic heterocycles. The fourth-order valence-electron chi connectivity index (χ4n) is 3.92. The fraction of sp³-hybridized carbons (Fsp3) is 0.320. The van der Waals surface area contributed by atoms with Gasteiger partial charge in [0, 0.05) is 13.0 Å². The number of hydrogen-bond donors (Lipinski definition) is 3. The van der Waals surface area contributed by atoms with Crippen molar-refractivity contribution in [3.05, 3.63) is 72.3 Å². The second kappa shape index (κ2) is 11.3. The van der Waals surface area contributed by atoms with Gasteiger partial charge in [-0.25, -0.2) is 9.59 Å². The summed E-state index contributed by atoms with van der Waals surface area (Å²) in [6, 6.07) is 15.0. The van der Waals surface area contributed by atoms with Crippen LogP contribution in [0.4, 0.5) is 4.79 Å². The van der Waals surface area contributed by atoms with Gasteiger partial charge in [0.2, 0.25) is 0 Å². The number of carboxylic acid groups (broad SMARTS) is 1. The van der Waals surface area contributed by atoms with E-state index in [4.69, 9.17) is 9.47 Å². The number of nitrogens with one attached hydrogen (secondary N) is 2.